The molecule has 0 aromatic carbocycles. The number of carbonyl (C=O) groups is 1. The summed E-state index contributed by atoms with van der Waals surface area (Å²) >= 11 is 0. The number of nitrogens with one attached hydrogen (secondary N) is 1. The highest BCUT2D eigenvalue weighted by molar-refractivity contribution is 5.82. The number of hydrogen-bond donors (Lipinski definition) is 1. The molecule has 2 fully saturated rings. The van der Waals surface area contributed by atoms with E-state index in [1.807, 2.05) is 0 Å². The van der Waals surface area contributed by atoms with Gasteiger partial charge in [0.15, 0.2) is 0 Å². The van der Waals surface area contributed by atoms with Crippen LogP contribution in [0.5, 0.6) is 0 Å². The van der Waals surface area contributed by atoms with Crippen molar-refractivity contribution < 1.29 is 9.53 Å². The first kappa shape index (κ1) is 8.97. The third-order valence-electron chi connectivity index (χ3n) is 3.05. The first-order chi connectivity index (χ1) is 6.16. The Balaban J connectivity index is 2.18. The van der Waals surface area contributed by atoms with Crippen LogP contribution in [0, 0.1) is 0 Å². The Bertz CT molecular complexity index is 232. The second-order valence-electron chi connectivity index (χ2n) is 4.15. The minimum Gasteiger partial charge on any atom is -0.468 e. The van der Waals surface area contributed by atoms with Crippen molar-refractivity contribution >= 4 is 5.97 Å². The number of methoxy groups -OCH3 is 1. The molecule has 4 heteroatoms. The van der Waals surface area contributed by atoms with E-state index in [1.165, 1.54) is 7.11 Å². The van der Waals surface area contributed by atoms with E-state index in [4.69, 9.17) is 4.74 Å². The van der Waals surface area contributed by atoms with Crippen molar-refractivity contribution in [3.05, 3.63) is 0 Å². The number of nitrogens with zero attached hydrogens (tertiary/aromatic N) is 1. The molecule has 2 aliphatic rings. The van der Waals surface area contributed by atoms with Crippen molar-refractivity contribution in [1.29, 1.82) is 0 Å². The van der Waals surface area contributed by atoms with Gasteiger partial charge in [0.1, 0.15) is 5.54 Å². The minimum atomic E-state index is -0.410. The van der Waals surface area contributed by atoms with Gasteiger partial charge in [-0.25, -0.2) is 0 Å². The average Bonchev–Trinajstić information content (AvgIpc) is 2.42. The molecule has 2 rings (SSSR count). The first-order valence-corrected chi connectivity index (χ1v) is 4.71. The number of rotatable bonds is 1. The van der Waals surface area contributed by atoms with Crippen LogP contribution in [0.2, 0.25) is 0 Å². The van der Waals surface area contributed by atoms with Crippen LogP contribution in [0.15, 0.2) is 0 Å². The second kappa shape index (κ2) is 2.96. The summed E-state index contributed by atoms with van der Waals surface area (Å²) in [7, 11) is 3.51. The smallest absolute Gasteiger partial charge is 0.327 e. The maximum Gasteiger partial charge on any atom is 0.327 e. The normalized spacial score (nSPS) is 39.1. The summed E-state index contributed by atoms with van der Waals surface area (Å²) in [4.78, 5) is 13.8. The molecule has 2 unspecified atom stereocenters. The summed E-state index contributed by atoms with van der Waals surface area (Å²) in [6.07, 6.45) is 1.99. The van der Waals surface area contributed by atoms with Gasteiger partial charge in [-0.2, -0.15) is 0 Å². The van der Waals surface area contributed by atoms with Crippen molar-refractivity contribution in [2.75, 3.05) is 27.2 Å². The van der Waals surface area contributed by atoms with Crippen LogP contribution in [0.3, 0.4) is 0 Å². The molecular formula is C9H16N2O2. The molecular weight excluding hydrogens is 168 g/mol. The van der Waals surface area contributed by atoms with Crippen LogP contribution < -0.4 is 5.32 Å². The Morgan fingerprint density at radius 1 is 1.69 bits per heavy atom. The number of piperazine rings is 1. The summed E-state index contributed by atoms with van der Waals surface area (Å²) in [5.41, 5.74) is -0.410. The standard InChI is InChI=1S/C9H16N2O2/c1-11-5-7-3-4-9(6-11,10-7)8(12)13-2/h7,10H,3-6H2,1-2H3. The molecule has 2 bridgehead atoms. The Morgan fingerprint density at radius 3 is 3.15 bits per heavy atom. The summed E-state index contributed by atoms with van der Waals surface area (Å²) < 4.78 is 4.83. The van der Waals surface area contributed by atoms with Crippen LogP contribution in [-0.2, 0) is 9.53 Å². The quantitative estimate of drug-likeness (QED) is 0.563. The van der Waals surface area contributed by atoms with Crippen molar-refractivity contribution in [3.63, 3.8) is 0 Å². The van der Waals surface area contributed by atoms with Crippen molar-refractivity contribution in [3.8, 4) is 0 Å². The molecule has 0 aromatic heterocycles. The number of carbonyl (C=O) groups excluding carboxylic acids is 1. The fourth-order valence-corrected chi connectivity index (χ4v) is 2.54. The largest absolute Gasteiger partial charge is 0.468 e. The molecule has 2 saturated heterocycles. The second-order valence-corrected chi connectivity index (χ2v) is 4.15. The molecule has 0 spiro atoms. The summed E-state index contributed by atoms with van der Waals surface area (Å²) in [6.45, 7) is 1.81. The van der Waals surface area contributed by atoms with Crippen LogP contribution in [0.25, 0.3) is 0 Å². The number of ether oxygens (including phenoxy) is 1. The zero-order chi connectivity index (χ0) is 9.47. The molecule has 0 amide bonds. The molecule has 74 valence electrons. The Kier molecular flexibility index (Phi) is 2.04. The van der Waals surface area contributed by atoms with Crippen molar-refractivity contribution in [2.45, 2.75) is 24.4 Å². The fraction of sp³-hybridized carbons (Fsp3) is 0.889. The van der Waals surface area contributed by atoms with E-state index in [0.29, 0.717) is 6.04 Å². The highest BCUT2D eigenvalue weighted by Crippen LogP contribution is 2.29. The Hall–Kier alpha value is -0.610. The van der Waals surface area contributed by atoms with Gasteiger partial charge in [0.25, 0.3) is 0 Å². The molecule has 0 radical (unpaired) electrons. The van der Waals surface area contributed by atoms with E-state index < -0.39 is 5.54 Å². The van der Waals surface area contributed by atoms with E-state index in [-0.39, 0.29) is 5.97 Å². The molecule has 13 heavy (non-hydrogen) atoms. The SMILES string of the molecule is COC(=O)C12CCC(CN(C)C1)N2. The van der Waals surface area contributed by atoms with Crippen molar-refractivity contribution in [2.24, 2.45) is 0 Å². The number of likely N-dealkylation sites (N-methyl/N-ethyl adjacent to an activating group) is 1. The van der Waals surface area contributed by atoms with Crippen LogP contribution in [0.4, 0.5) is 0 Å². The highest BCUT2D eigenvalue weighted by atomic mass is 16.5. The predicted molar refractivity (Wildman–Crippen MR) is 48.4 cm³/mol. The van der Waals surface area contributed by atoms with Crippen LogP contribution in [-0.4, -0.2) is 49.7 Å². The monoisotopic (exact) mass is 184 g/mol. The van der Waals surface area contributed by atoms with Gasteiger partial charge in [-0.3, -0.25) is 10.1 Å². The highest BCUT2D eigenvalue weighted by Gasteiger charge is 2.49. The lowest BCUT2D eigenvalue weighted by Gasteiger charge is -2.37. The molecule has 0 aromatic rings. The van der Waals surface area contributed by atoms with Crippen molar-refractivity contribution in [1.82, 2.24) is 10.2 Å². The van der Waals surface area contributed by atoms with E-state index in [9.17, 15) is 4.79 Å². The van der Waals surface area contributed by atoms with E-state index in [2.05, 4.69) is 17.3 Å². The van der Waals surface area contributed by atoms with Gasteiger partial charge in [-0.05, 0) is 19.9 Å². The van der Waals surface area contributed by atoms with Gasteiger partial charge in [0.2, 0.25) is 0 Å². The van der Waals surface area contributed by atoms with Gasteiger partial charge in [-0.1, -0.05) is 0 Å². The summed E-state index contributed by atoms with van der Waals surface area (Å²) in [5.74, 6) is -0.110. The molecule has 1 N–H and O–H groups in total. The third kappa shape index (κ3) is 1.34. The zero-order valence-corrected chi connectivity index (χ0v) is 8.17. The fourth-order valence-electron chi connectivity index (χ4n) is 2.54. The Labute approximate surface area is 78.2 Å². The number of fused-ring (bicyclic) bond motifs is 2. The van der Waals surface area contributed by atoms with E-state index >= 15 is 0 Å². The van der Waals surface area contributed by atoms with Gasteiger partial charge in [0.05, 0.1) is 7.11 Å². The summed E-state index contributed by atoms with van der Waals surface area (Å²) in [6, 6.07) is 0.470. The zero-order valence-electron chi connectivity index (χ0n) is 8.17. The average molecular weight is 184 g/mol. The van der Waals surface area contributed by atoms with Crippen LogP contribution in [0.1, 0.15) is 12.8 Å². The van der Waals surface area contributed by atoms with Crippen LogP contribution >= 0.6 is 0 Å². The lowest BCUT2D eigenvalue weighted by molar-refractivity contribution is -0.149. The predicted octanol–water partition coefficient (Wildman–Crippen LogP) is -0.404. The van der Waals surface area contributed by atoms with Gasteiger partial charge >= 0.3 is 5.97 Å². The maximum absolute atomic E-state index is 11.6. The summed E-state index contributed by atoms with van der Waals surface area (Å²) in [5, 5.41) is 3.37. The first-order valence-electron chi connectivity index (χ1n) is 4.71. The van der Waals surface area contributed by atoms with Gasteiger partial charge < -0.3 is 9.64 Å². The topological polar surface area (TPSA) is 41.6 Å². The van der Waals surface area contributed by atoms with Gasteiger partial charge in [-0.15, -0.1) is 0 Å². The van der Waals surface area contributed by atoms with E-state index in [0.717, 1.165) is 25.9 Å². The molecule has 0 saturated carbocycles. The molecule has 2 aliphatic heterocycles. The van der Waals surface area contributed by atoms with E-state index in [1.54, 1.807) is 0 Å². The molecule has 0 aliphatic carbocycles. The lowest BCUT2D eigenvalue weighted by atomic mass is 9.97. The number of esters is 1. The maximum atomic E-state index is 11.6. The molecule has 4 nitrogen and oxygen atoms in total. The third-order valence-corrected chi connectivity index (χ3v) is 3.05. The Morgan fingerprint density at radius 2 is 2.46 bits per heavy atom. The molecule has 2 atom stereocenters. The van der Waals surface area contributed by atoms with Gasteiger partial charge in [0, 0.05) is 19.1 Å². The number of hydrogen-bond acceptors (Lipinski definition) is 4. The lowest BCUT2D eigenvalue weighted by Crippen LogP contribution is -2.62. The number of likely N-dealkylation sites (tertiary alicyclic amines) is 1. The molecule has 2 heterocycles. The minimum absolute atomic E-state index is 0.110.